The van der Waals surface area contributed by atoms with Gasteiger partial charge in [-0.2, -0.15) is 0 Å². The number of halogens is 1. The number of ether oxygens (including phenoxy) is 1. The SMILES string of the molecule is C[NH+](CC(=O)Nc1cccc(F)c1)CC(=O)Nc1cccc(Oc2ccccc2)c1. The van der Waals surface area contributed by atoms with Crippen LogP contribution in [0.15, 0.2) is 78.9 Å². The summed E-state index contributed by atoms with van der Waals surface area (Å²) in [6.07, 6.45) is 0. The first-order chi connectivity index (χ1) is 14.5. The highest BCUT2D eigenvalue weighted by molar-refractivity contribution is 5.93. The molecule has 0 saturated heterocycles. The number of amides is 2. The molecule has 30 heavy (non-hydrogen) atoms. The fourth-order valence-electron chi connectivity index (χ4n) is 2.85. The maximum Gasteiger partial charge on any atom is 0.279 e. The fourth-order valence-corrected chi connectivity index (χ4v) is 2.85. The molecule has 3 N–H and O–H groups in total. The van der Waals surface area contributed by atoms with E-state index >= 15 is 0 Å². The molecular formula is C23H23FN3O3+. The second-order valence-corrected chi connectivity index (χ2v) is 6.86. The lowest BCUT2D eigenvalue weighted by molar-refractivity contribution is -0.862. The Morgan fingerprint density at radius 1 is 0.800 bits per heavy atom. The quantitative estimate of drug-likeness (QED) is 0.537. The summed E-state index contributed by atoms with van der Waals surface area (Å²) < 4.78 is 19.0. The van der Waals surface area contributed by atoms with Crippen LogP contribution in [0.1, 0.15) is 0 Å². The molecule has 1 atom stereocenters. The zero-order valence-electron chi connectivity index (χ0n) is 16.5. The summed E-state index contributed by atoms with van der Waals surface area (Å²) in [4.78, 5) is 25.1. The second kappa shape index (κ2) is 10.2. The van der Waals surface area contributed by atoms with E-state index in [1.54, 1.807) is 37.4 Å². The number of anilines is 2. The Hall–Kier alpha value is -3.71. The van der Waals surface area contributed by atoms with E-state index in [0.29, 0.717) is 27.8 Å². The highest BCUT2D eigenvalue weighted by Crippen LogP contribution is 2.23. The van der Waals surface area contributed by atoms with Gasteiger partial charge in [0, 0.05) is 17.4 Å². The van der Waals surface area contributed by atoms with E-state index in [1.165, 1.54) is 18.2 Å². The van der Waals surface area contributed by atoms with Gasteiger partial charge in [0.1, 0.15) is 17.3 Å². The summed E-state index contributed by atoms with van der Waals surface area (Å²) in [7, 11) is 1.74. The molecule has 0 radical (unpaired) electrons. The van der Waals surface area contributed by atoms with Crippen LogP contribution in [0.4, 0.5) is 15.8 Å². The molecular weight excluding hydrogens is 385 g/mol. The number of hydrogen-bond acceptors (Lipinski definition) is 3. The Kier molecular flexibility index (Phi) is 7.13. The van der Waals surface area contributed by atoms with Crippen LogP contribution < -0.4 is 20.3 Å². The van der Waals surface area contributed by atoms with Crippen molar-refractivity contribution in [2.45, 2.75) is 0 Å². The van der Waals surface area contributed by atoms with Crippen LogP contribution in [0.5, 0.6) is 11.5 Å². The summed E-state index contributed by atoms with van der Waals surface area (Å²) in [5.74, 6) is 0.349. The summed E-state index contributed by atoms with van der Waals surface area (Å²) >= 11 is 0. The van der Waals surface area contributed by atoms with Crippen molar-refractivity contribution in [3.05, 3.63) is 84.7 Å². The van der Waals surface area contributed by atoms with Gasteiger partial charge in [-0.1, -0.05) is 30.3 Å². The van der Waals surface area contributed by atoms with Gasteiger partial charge >= 0.3 is 0 Å². The predicted molar refractivity (Wildman–Crippen MR) is 113 cm³/mol. The van der Waals surface area contributed by atoms with E-state index in [4.69, 9.17) is 4.74 Å². The average Bonchev–Trinajstić information content (AvgIpc) is 2.68. The summed E-state index contributed by atoms with van der Waals surface area (Å²) in [6.45, 7) is 0.168. The first kappa shape index (κ1) is 21.0. The largest absolute Gasteiger partial charge is 0.457 e. The molecule has 0 saturated carbocycles. The molecule has 2 amide bonds. The van der Waals surface area contributed by atoms with Crippen molar-refractivity contribution < 1.29 is 23.6 Å². The highest BCUT2D eigenvalue weighted by Gasteiger charge is 2.15. The third kappa shape index (κ3) is 6.72. The van der Waals surface area contributed by atoms with Crippen molar-refractivity contribution in [2.24, 2.45) is 0 Å². The molecule has 0 aliphatic rings. The van der Waals surface area contributed by atoms with Crippen molar-refractivity contribution in [1.82, 2.24) is 0 Å². The lowest BCUT2D eigenvalue weighted by Crippen LogP contribution is -3.11. The smallest absolute Gasteiger partial charge is 0.279 e. The van der Waals surface area contributed by atoms with Crippen LogP contribution in [0.25, 0.3) is 0 Å². The fraction of sp³-hybridized carbons (Fsp3) is 0.130. The maximum atomic E-state index is 13.2. The normalized spacial score (nSPS) is 11.4. The van der Waals surface area contributed by atoms with Gasteiger partial charge in [0.2, 0.25) is 0 Å². The lowest BCUT2D eigenvalue weighted by Gasteiger charge is -2.14. The van der Waals surface area contributed by atoms with Crippen LogP contribution in [0.3, 0.4) is 0 Å². The molecule has 3 rings (SSSR count). The number of para-hydroxylation sites is 1. The van der Waals surface area contributed by atoms with Crippen LogP contribution in [-0.2, 0) is 9.59 Å². The van der Waals surface area contributed by atoms with Gasteiger partial charge in [0.15, 0.2) is 13.1 Å². The maximum absolute atomic E-state index is 13.2. The molecule has 0 spiro atoms. The first-order valence-electron chi connectivity index (χ1n) is 9.47. The summed E-state index contributed by atoms with van der Waals surface area (Å²) in [5.41, 5.74) is 0.984. The molecule has 3 aromatic carbocycles. The van der Waals surface area contributed by atoms with E-state index in [0.717, 1.165) is 0 Å². The van der Waals surface area contributed by atoms with E-state index in [9.17, 15) is 14.0 Å². The molecule has 0 aliphatic carbocycles. The number of quaternary nitrogens is 1. The average molecular weight is 408 g/mol. The van der Waals surface area contributed by atoms with Gasteiger partial charge in [-0.3, -0.25) is 9.59 Å². The first-order valence-corrected chi connectivity index (χ1v) is 9.47. The number of carbonyl (C=O) groups is 2. The van der Waals surface area contributed by atoms with Crippen molar-refractivity contribution >= 4 is 23.2 Å². The number of benzene rings is 3. The minimum absolute atomic E-state index is 0.0705. The summed E-state index contributed by atoms with van der Waals surface area (Å²) in [6, 6.07) is 22.1. The van der Waals surface area contributed by atoms with E-state index < -0.39 is 5.82 Å². The Bertz CT molecular complexity index is 1010. The van der Waals surface area contributed by atoms with Crippen molar-refractivity contribution in [3.63, 3.8) is 0 Å². The van der Waals surface area contributed by atoms with Gasteiger partial charge < -0.3 is 20.3 Å². The number of likely N-dealkylation sites (N-methyl/N-ethyl adjacent to an activating group) is 1. The molecule has 1 unspecified atom stereocenters. The Morgan fingerprint density at radius 2 is 1.37 bits per heavy atom. The third-order valence-electron chi connectivity index (χ3n) is 4.13. The topological polar surface area (TPSA) is 71.9 Å². The predicted octanol–water partition coefficient (Wildman–Crippen LogP) is 2.71. The van der Waals surface area contributed by atoms with Crippen molar-refractivity contribution in [2.75, 3.05) is 30.8 Å². The van der Waals surface area contributed by atoms with Crippen LogP contribution in [0.2, 0.25) is 0 Å². The molecule has 3 aromatic rings. The lowest BCUT2D eigenvalue weighted by atomic mass is 10.3. The van der Waals surface area contributed by atoms with Gasteiger partial charge in [-0.15, -0.1) is 0 Å². The minimum Gasteiger partial charge on any atom is -0.457 e. The molecule has 0 bridgehead atoms. The van der Waals surface area contributed by atoms with E-state index in [-0.39, 0.29) is 24.9 Å². The number of carbonyl (C=O) groups excluding carboxylic acids is 2. The standard InChI is InChI=1S/C23H22FN3O3/c1-27(15-22(28)25-18-8-5-7-17(24)13-18)16-23(29)26-19-9-6-12-21(14-19)30-20-10-3-2-4-11-20/h2-14H,15-16H2,1H3,(H,25,28)(H,26,29)/p+1. The van der Waals surface area contributed by atoms with Crippen LogP contribution in [0, 0.1) is 5.82 Å². The van der Waals surface area contributed by atoms with Crippen molar-refractivity contribution in [1.29, 1.82) is 0 Å². The highest BCUT2D eigenvalue weighted by atomic mass is 19.1. The Balaban J connectivity index is 1.48. The Labute approximate surface area is 174 Å². The molecule has 0 aliphatic heterocycles. The zero-order chi connectivity index (χ0) is 21.3. The molecule has 154 valence electrons. The molecule has 7 heteroatoms. The van der Waals surface area contributed by atoms with Crippen molar-refractivity contribution in [3.8, 4) is 11.5 Å². The zero-order valence-corrected chi connectivity index (χ0v) is 16.5. The second-order valence-electron chi connectivity index (χ2n) is 6.86. The molecule has 0 fully saturated rings. The molecule has 0 aromatic heterocycles. The van der Waals surface area contributed by atoms with Gasteiger partial charge in [-0.25, -0.2) is 4.39 Å². The molecule has 6 nitrogen and oxygen atoms in total. The van der Waals surface area contributed by atoms with E-state index in [2.05, 4.69) is 10.6 Å². The monoisotopic (exact) mass is 408 g/mol. The number of rotatable bonds is 8. The summed E-state index contributed by atoms with van der Waals surface area (Å²) in [5, 5.41) is 5.43. The van der Waals surface area contributed by atoms with Gasteiger partial charge in [0.05, 0.1) is 7.05 Å². The minimum atomic E-state index is -0.425. The van der Waals surface area contributed by atoms with Crippen LogP contribution in [-0.4, -0.2) is 32.0 Å². The van der Waals surface area contributed by atoms with Gasteiger partial charge in [0.25, 0.3) is 11.8 Å². The third-order valence-corrected chi connectivity index (χ3v) is 4.13. The van der Waals surface area contributed by atoms with E-state index in [1.807, 2.05) is 30.3 Å². The number of hydrogen-bond donors (Lipinski definition) is 3. The molecule has 0 heterocycles. The number of nitrogens with one attached hydrogen (secondary N) is 3. The van der Waals surface area contributed by atoms with Gasteiger partial charge in [-0.05, 0) is 42.5 Å². The van der Waals surface area contributed by atoms with Crippen LogP contribution >= 0.6 is 0 Å². The Morgan fingerprint density at radius 3 is 2.00 bits per heavy atom.